The van der Waals surface area contributed by atoms with E-state index in [9.17, 15) is 9.70 Å². The minimum atomic E-state index is -0.691. The third kappa shape index (κ3) is 5.16. The Morgan fingerprint density at radius 1 is 1.46 bits per heavy atom. The number of carbonyl (C=O) groups excluding carboxylic acids is 1. The van der Waals surface area contributed by atoms with E-state index in [4.69, 9.17) is 0 Å². The van der Waals surface area contributed by atoms with Gasteiger partial charge in [0.15, 0.2) is 0 Å². The first-order valence-electron chi connectivity index (χ1n) is 4.26. The maximum Gasteiger partial charge on any atom is 0.574 e. The molecule has 0 aliphatic rings. The fourth-order valence-electron chi connectivity index (χ4n) is 0.590. The largest absolute Gasteiger partial charge is 0.574 e. The molecular weight excluding hydrogens is 172 g/mol. The molecule has 0 heterocycles. The van der Waals surface area contributed by atoms with Crippen molar-refractivity contribution in [2.24, 2.45) is 5.92 Å². The average molecular weight is 189 g/mol. The van der Waals surface area contributed by atoms with Crippen LogP contribution in [0.1, 0.15) is 20.3 Å². The third-order valence-electron chi connectivity index (χ3n) is 1.44. The predicted molar refractivity (Wildman–Crippen MR) is 48.1 cm³/mol. The van der Waals surface area contributed by atoms with Crippen LogP contribution in [0.4, 0.5) is 4.79 Å². The SMILES string of the molecule is CC(C)CCO[N+](=O)C(=O)N(C)C. The summed E-state index contributed by atoms with van der Waals surface area (Å²) in [6, 6.07) is -0.691. The van der Waals surface area contributed by atoms with E-state index in [1.165, 1.54) is 19.0 Å². The topological polar surface area (TPSA) is 49.6 Å². The van der Waals surface area contributed by atoms with Gasteiger partial charge in [-0.05, 0) is 17.2 Å². The number of urea groups is 1. The van der Waals surface area contributed by atoms with Crippen molar-refractivity contribution in [1.29, 1.82) is 0 Å². The smallest absolute Gasteiger partial charge is 0.296 e. The van der Waals surface area contributed by atoms with Crippen molar-refractivity contribution in [3.8, 4) is 0 Å². The number of hydrogen-bond donors (Lipinski definition) is 0. The fraction of sp³-hybridized carbons (Fsp3) is 0.875. The van der Waals surface area contributed by atoms with Crippen LogP contribution in [-0.2, 0) is 4.84 Å². The molecule has 5 heteroatoms. The van der Waals surface area contributed by atoms with Gasteiger partial charge in [0.05, 0.1) is 14.1 Å². The van der Waals surface area contributed by atoms with Gasteiger partial charge >= 0.3 is 6.03 Å². The standard InChI is InChI=1S/C8H17N2O3/c1-7(2)5-6-13-10(12)8(11)9(3)4/h7H,5-6H2,1-4H3/q+1. The van der Waals surface area contributed by atoms with E-state index in [0.717, 1.165) is 6.42 Å². The summed E-state index contributed by atoms with van der Waals surface area (Å²) >= 11 is 0. The highest BCUT2D eigenvalue weighted by molar-refractivity contribution is 5.63. The van der Waals surface area contributed by atoms with Crippen molar-refractivity contribution in [3.05, 3.63) is 4.91 Å². The monoisotopic (exact) mass is 189 g/mol. The number of carbonyl (C=O) groups is 1. The van der Waals surface area contributed by atoms with Crippen LogP contribution >= 0.6 is 0 Å². The van der Waals surface area contributed by atoms with E-state index in [0.29, 0.717) is 5.92 Å². The average Bonchev–Trinajstić information content (AvgIpc) is 2.02. The van der Waals surface area contributed by atoms with Crippen LogP contribution in [0.3, 0.4) is 0 Å². The molecule has 0 aliphatic heterocycles. The predicted octanol–water partition coefficient (Wildman–Crippen LogP) is 1.42. The minimum absolute atomic E-state index is 0.0162. The Morgan fingerprint density at radius 3 is 2.38 bits per heavy atom. The number of rotatable bonds is 4. The molecule has 0 saturated heterocycles. The first kappa shape index (κ1) is 11.9. The molecule has 0 atom stereocenters. The quantitative estimate of drug-likeness (QED) is 0.628. The number of amides is 2. The Bertz CT molecular complexity index is 190. The van der Waals surface area contributed by atoms with Crippen molar-refractivity contribution in [1.82, 2.24) is 4.90 Å². The van der Waals surface area contributed by atoms with E-state index in [2.05, 4.69) is 4.84 Å². The van der Waals surface area contributed by atoms with Crippen molar-refractivity contribution < 1.29 is 14.6 Å². The molecule has 0 radical (unpaired) electrons. The molecule has 0 aliphatic carbocycles. The lowest BCUT2D eigenvalue weighted by molar-refractivity contribution is -0.735. The van der Waals surface area contributed by atoms with E-state index in [-0.39, 0.29) is 11.5 Å². The summed E-state index contributed by atoms with van der Waals surface area (Å²) in [5, 5.41) is 0. The zero-order chi connectivity index (χ0) is 10.4. The van der Waals surface area contributed by atoms with Gasteiger partial charge in [-0.3, -0.25) is 4.84 Å². The maximum absolute atomic E-state index is 10.9. The first-order valence-corrected chi connectivity index (χ1v) is 4.26. The Kier molecular flexibility index (Phi) is 5.03. The van der Waals surface area contributed by atoms with E-state index in [1.807, 2.05) is 13.8 Å². The minimum Gasteiger partial charge on any atom is -0.296 e. The second-order valence-corrected chi connectivity index (χ2v) is 3.45. The zero-order valence-electron chi connectivity index (χ0n) is 8.61. The zero-order valence-corrected chi connectivity index (χ0v) is 8.61. The molecule has 0 spiro atoms. The van der Waals surface area contributed by atoms with Crippen LogP contribution < -0.4 is 0 Å². The second-order valence-electron chi connectivity index (χ2n) is 3.45. The third-order valence-corrected chi connectivity index (χ3v) is 1.44. The second kappa shape index (κ2) is 5.50. The summed E-state index contributed by atoms with van der Waals surface area (Å²) < 4.78 is 0. The summed E-state index contributed by atoms with van der Waals surface area (Å²) in [6.45, 7) is 4.32. The Morgan fingerprint density at radius 2 is 2.00 bits per heavy atom. The molecule has 76 valence electrons. The first-order chi connectivity index (χ1) is 5.95. The summed E-state index contributed by atoms with van der Waals surface area (Å²) in [4.78, 5) is 27.6. The highest BCUT2D eigenvalue weighted by Gasteiger charge is 2.24. The molecule has 0 bridgehead atoms. The molecule has 0 aromatic heterocycles. The molecule has 0 saturated carbocycles. The summed E-state index contributed by atoms with van der Waals surface area (Å²) in [7, 11) is 3.00. The van der Waals surface area contributed by atoms with Crippen LogP contribution in [0, 0.1) is 10.8 Å². The molecule has 0 unspecified atom stereocenters. The molecule has 0 rings (SSSR count). The van der Waals surface area contributed by atoms with Gasteiger partial charge in [0, 0.05) is 0 Å². The summed E-state index contributed by atoms with van der Waals surface area (Å²) in [5.74, 6) is 0.461. The summed E-state index contributed by atoms with van der Waals surface area (Å²) in [6.07, 6.45) is 0.763. The van der Waals surface area contributed by atoms with Crippen molar-refractivity contribution in [2.45, 2.75) is 20.3 Å². The molecule has 2 amide bonds. The van der Waals surface area contributed by atoms with Gasteiger partial charge in [0.1, 0.15) is 6.61 Å². The van der Waals surface area contributed by atoms with Crippen LogP contribution in [0.5, 0.6) is 0 Å². The molecule has 0 aromatic carbocycles. The highest BCUT2D eigenvalue weighted by Crippen LogP contribution is 1.99. The fourth-order valence-corrected chi connectivity index (χ4v) is 0.590. The highest BCUT2D eigenvalue weighted by atomic mass is 16.8. The molecule has 5 nitrogen and oxygen atoms in total. The molecule has 13 heavy (non-hydrogen) atoms. The van der Waals surface area contributed by atoms with Gasteiger partial charge in [0.25, 0.3) is 0 Å². The summed E-state index contributed by atoms with van der Waals surface area (Å²) in [5.41, 5.74) is 0. The molecular formula is C8H17N2O3+. The van der Waals surface area contributed by atoms with E-state index in [1.54, 1.807) is 0 Å². The van der Waals surface area contributed by atoms with Crippen LogP contribution in [0.2, 0.25) is 0 Å². The van der Waals surface area contributed by atoms with Gasteiger partial charge < -0.3 is 0 Å². The lowest BCUT2D eigenvalue weighted by atomic mass is 10.1. The van der Waals surface area contributed by atoms with Gasteiger partial charge in [-0.15, -0.1) is 0 Å². The Labute approximate surface area is 78.2 Å². The number of nitrogens with zero attached hydrogens (tertiary/aromatic N) is 2. The van der Waals surface area contributed by atoms with Crippen LogP contribution in [0.15, 0.2) is 0 Å². The van der Waals surface area contributed by atoms with Gasteiger partial charge in [0.2, 0.25) is 4.92 Å². The van der Waals surface area contributed by atoms with E-state index < -0.39 is 6.03 Å². The van der Waals surface area contributed by atoms with Crippen LogP contribution in [-0.4, -0.2) is 36.6 Å². The maximum atomic E-state index is 10.9. The molecule has 0 aromatic rings. The Balaban J connectivity index is 3.69. The molecule has 0 fully saturated rings. The van der Waals surface area contributed by atoms with Crippen molar-refractivity contribution in [3.63, 3.8) is 0 Å². The number of hydrogen-bond acceptors (Lipinski definition) is 3. The van der Waals surface area contributed by atoms with Gasteiger partial charge in [-0.25, -0.2) is 4.90 Å². The van der Waals surface area contributed by atoms with Crippen LogP contribution in [0.25, 0.3) is 0 Å². The molecule has 0 N–H and O–H groups in total. The van der Waals surface area contributed by atoms with Gasteiger partial charge in [-0.2, -0.15) is 4.79 Å². The Hall–Kier alpha value is -1.13. The van der Waals surface area contributed by atoms with Gasteiger partial charge in [-0.1, -0.05) is 13.8 Å². The van der Waals surface area contributed by atoms with Crippen molar-refractivity contribution in [2.75, 3.05) is 20.7 Å². The van der Waals surface area contributed by atoms with E-state index >= 15 is 0 Å². The normalized spacial score (nSPS) is 9.92. The lowest BCUT2D eigenvalue weighted by Crippen LogP contribution is -2.31. The van der Waals surface area contributed by atoms with Crippen molar-refractivity contribution >= 4 is 6.03 Å². The lowest BCUT2D eigenvalue weighted by Gasteiger charge is -2.03.